The largest absolute Gasteiger partial charge is 0.504 e. The number of methoxy groups -OCH3 is 1. The van der Waals surface area contributed by atoms with Crippen molar-refractivity contribution in [3.05, 3.63) is 115 Å². The van der Waals surface area contributed by atoms with Crippen molar-refractivity contribution in [1.82, 2.24) is 0 Å². The van der Waals surface area contributed by atoms with E-state index in [1.807, 2.05) is 91.0 Å². The van der Waals surface area contributed by atoms with E-state index < -0.39 is 6.72 Å². The Kier molecular flexibility index (Phi) is 9.09. The molecule has 6 nitrogen and oxygen atoms in total. The lowest BCUT2D eigenvalue weighted by molar-refractivity contribution is 0.112. The molecule has 4 aromatic carbocycles. The number of benzene rings is 4. The molecule has 0 bridgehead atoms. The van der Waals surface area contributed by atoms with Crippen LogP contribution in [0.4, 0.5) is 0 Å². The lowest BCUT2D eigenvalue weighted by Gasteiger charge is -2.23. The molecular weight excluding hydrogens is 471 g/mol. The lowest BCUT2D eigenvalue weighted by Crippen LogP contribution is -2.07. The number of carbonyl (C=O) groups excluding carboxylic acids is 1. The fraction of sp³-hybridized carbons (Fsp3) is 0.0385. The van der Waals surface area contributed by atoms with Crippen LogP contribution in [0.2, 0.25) is 0 Å². The lowest BCUT2D eigenvalue weighted by atomic mass is 10.2. The predicted molar refractivity (Wildman–Crippen MR) is 136 cm³/mol. The van der Waals surface area contributed by atoms with Gasteiger partial charge in [0.2, 0.25) is 0 Å². The summed E-state index contributed by atoms with van der Waals surface area (Å²) in [5.74, 6) is 2.20. The smallest absolute Gasteiger partial charge is 0.490 e. The molecule has 0 aromatic heterocycles. The number of hydrogen-bond donors (Lipinski definition) is 1. The molecule has 0 radical (unpaired) electrons. The highest BCUT2D eigenvalue weighted by molar-refractivity contribution is 8.08. The van der Waals surface area contributed by atoms with E-state index in [2.05, 4.69) is 0 Å². The van der Waals surface area contributed by atoms with E-state index in [4.69, 9.17) is 35.2 Å². The fourth-order valence-corrected chi connectivity index (χ4v) is 4.68. The van der Waals surface area contributed by atoms with Crippen LogP contribution in [0.5, 0.6) is 28.7 Å². The zero-order valence-corrected chi connectivity index (χ0v) is 20.0. The van der Waals surface area contributed by atoms with Crippen molar-refractivity contribution in [3.63, 3.8) is 0 Å². The summed E-state index contributed by atoms with van der Waals surface area (Å²) in [4.78, 5) is 10.2. The van der Waals surface area contributed by atoms with Gasteiger partial charge in [-0.15, -0.1) is 0 Å². The van der Waals surface area contributed by atoms with E-state index in [1.165, 1.54) is 25.3 Å². The molecule has 0 aliphatic carbocycles. The Morgan fingerprint density at radius 2 is 1.12 bits per heavy atom. The third-order valence-corrected chi connectivity index (χ3v) is 6.20. The average molecular weight is 495 g/mol. The topological polar surface area (TPSA) is 74.2 Å². The van der Waals surface area contributed by atoms with Crippen molar-refractivity contribution in [1.29, 1.82) is 0 Å². The first-order valence-electron chi connectivity index (χ1n) is 10.2. The van der Waals surface area contributed by atoms with Crippen molar-refractivity contribution in [2.24, 2.45) is 0 Å². The third-order valence-electron chi connectivity index (χ3n) is 4.22. The zero-order valence-electron chi connectivity index (χ0n) is 18.3. The maximum absolute atomic E-state index is 10.2. The molecular formula is C26H23O6PS. The summed E-state index contributed by atoms with van der Waals surface area (Å²) in [5, 5.41) is 9.09. The summed E-state index contributed by atoms with van der Waals surface area (Å²) in [6.07, 6.45) is 0.696. The highest BCUT2D eigenvalue weighted by atomic mass is 32.5. The van der Waals surface area contributed by atoms with E-state index in [-0.39, 0.29) is 5.75 Å². The van der Waals surface area contributed by atoms with Crippen LogP contribution >= 0.6 is 6.72 Å². The maximum Gasteiger partial charge on any atom is 0.490 e. The van der Waals surface area contributed by atoms with Gasteiger partial charge < -0.3 is 23.4 Å². The number of ether oxygens (including phenoxy) is 1. The molecule has 0 fully saturated rings. The van der Waals surface area contributed by atoms with Crippen LogP contribution < -0.4 is 18.3 Å². The summed E-state index contributed by atoms with van der Waals surface area (Å²) in [6, 6.07) is 32.3. The second-order valence-electron chi connectivity index (χ2n) is 6.71. The number of phenolic OH excluding ortho intramolecular Hbond substituents is 1. The monoisotopic (exact) mass is 494 g/mol. The van der Waals surface area contributed by atoms with E-state index in [0.29, 0.717) is 34.8 Å². The molecule has 8 heteroatoms. The molecule has 0 aliphatic rings. The maximum atomic E-state index is 10.2. The van der Waals surface area contributed by atoms with Gasteiger partial charge in [-0.25, -0.2) is 0 Å². The normalized spacial score (nSPS) is 10.3. The summed E-state index contributed by atoms with van der Waals surface area (Å²) >= 11 is 5.59. The van der Waals surface area contributed by atoms with Crippen LogP contribution in [0.15, 0.2) is 109 Å². The van der Waals surface area contributed by atoms with E-state index in [1.54, 1.807) is 0 Å². The molecule has 0 saturated carbocycles. The molecule has 174 valence electrons. The van der Waals surface area contributed by atoms with Crippen molar-refractivity contribution >= 4 is 24.8 Å². The summed E-state index contributed by atoms with van der Waals surface area (Å²) < 4.78 is 22.5. The Morgan fingerprint density at radius 3 is 1.47 bits per heavy atom. The van der Waals surface area contributed by atoms with Crippen LogP contribution in [-0.4, -0.2) is 18.5 Å². The first-order chi connectivity index (χ1) is 16.5. The number of aldehydes is 1. The van der Waals surface area contributed by atoms with Gasteiger partial charge in [0.15, 0.2) is 11.5 Å². The van der Waals surface area contributed by atoms with Gasteiger partial charge in [0, 0.05) is 17.4 Å². The molecule has 0 saturated heterocycles. The van der Waals surface area contributed by atoms with Gasteiger partial charge in [0.05, 0.1) is 7.11 Å². The van der Waals surface area contributed by atoms with E-state index in [9.17, 15) is 4.79 Å². The molecule has 34 heavy (non-hydrogen) atoms. The van der Waals surface area contributed by atoms with Crippen LogP contribution in [0, 0.1) is 0 Å². The Labute approximate surface area is 203 Å². The van der Waals surface area contributed by atoms with Gasteiger partial charge in [-0.1, -0.05) is 54.6 Å². The Morgan fingerprint density at radius 1 is 0.706 bits per heavy atom. The number of para-hydroxylation sites is 3. The van der Waals surface area contributed by atoms with Crippen LogP contribution in [0.25, 0.3) is 0 Å². The average Bonchev–Trinajstić information content (AvgIpc) is 2.86. The van der Waals surface area contributed by atoms with Gasteiger partial charge in [-0.3, -0.25) is 4.79 Å². The van der Waals surface area contributed by atoms with Gasteiger partial charge in [-0.2, -0.15) is 0 Å². The van der Waals surface area contributed by atoms with Gasteiger partial charge in [0.1, 0.15) is 23.5 Å². The molecule has 4 aromatic rings. The van der Waals surface area contributed by atoms with Gasteiger partial charge in [0.25, 0.3) is 0 Å². The molecule has 0 unspecified atom stereocenters. The first-order valence-corrected chi connectivity index (χ1v) is 12.7. The molecule has 0 heterocycles. The number of rotatable bonds is 8. The Bertz CT molecular complexity index is 1110. The SMILES string of the molecule is COc1cc(C=O)ccc1O.S=P(Oc1ccccc1)(Oc1ccccc1)Oc1ccccc1. The predicted octanol–water partition coefficient (Wildman–Crippen LogP) is 6.66. The fourth-order valence-electron chi connectivity index (χ4n) is 2.65. The number of carbonyl (C=O) groups is 1. The number of hydrogen-bond acceptors (Lipinski definition) is 7. The zero-order chi connectivity index (χ0) is 24.2. The van der Waals surface area contributed by atoms with E-state index in [0.717, 1.165) is 0 Å². The molecule has 0 aliphatic heterocycles. The van der Waals surface area contributed by atoms with Crippen molar-refractivity contribution in [2.45, 2.75) is 0 Å². The van der Waals surface area contributed by atoms with Crippen molar-refractivity contribution in [3.8, 4) is 28.7 Å². The van der Waals surface area contributed by atoms with Crippen molar-refractivity contribution in [2.75, 3.05) is 7.11 Å². The first kappa shape index (κ1) is 24.8. The summed E-state index contributed by atoms with van der Waals surface area (Å²) in [7, 11) is 1.43. The van der Waals surface area contributed by atoms with Crippen LogP contribution in [0.3, 0.4) is 0 Å². The minimum atomic E-state index is -3.05. The minimum absolute atomic E-state index is 0.0399. The Balaban J connectivity index is 0.000000248. The molecule has 4 rings (SSSR count). The quantitative estimate of drug-likeness (QED) is 0.217. The molecule has 0 spiro atoms. The summed E-state index contributed by atoms with van der Waals surface area (Å²) in [5.41, 5.74) is 0.486. The minimum Gasteiger partial charge on any atom is -0.504 e. The third kappa shape index (κ3) is 7.66. The number of aromatic hydroxyl groups is 1. The summed E-state index contributed by atoms with van der Waals surface area (Å²) in [6.45, 7) is -3.05. The molecule has 0 atom stereocenters. The Hall–Kier alpha value is -3.80. The molecule has 0 amide bonds. The molecule has 1 N–H and O–H groups in total. The van der Waals surface area contributed by atoms with Crippen LogP contribution in [0.1, 0.15) is 10.4 Å². The second kappa shape index (κ2) is 12.4. The number of phenols is 1. The highest BCUT2D eigenvalue weighted by Gasteiger charge is 2.26. The van der Waals surface area contributed by atoms with Gasteiger partial charge in [-0.05, 0) is 54.6 Å². The standard InChI is InChI=1S/C18H15O3PS.C8H8O3/c23-22(19-16-10-4-1-5-11-16,20-17-12-6-2-7-13-17)21-18-14-8-3-9-15-18;1-11-8-4-6(5-9)2-3-7(8)10/h1-15H;2-5,10H,1H3. The van der Waals surface area contributed by atoms with E-state index >= 15 is 0 Å². The highest BCUT2D eigenvalue weighted by Crippen LogP contribution is 2.49. The second-order valence-corrected chi connectivity index (χ2v) is 9.49. The van der Waals surface area contributed by atoms with Gasteiger partial charge >= 0.3 is 6.72 Å². The van der Waals surface area contributed by atoms with Crippen LogP contribution in [-0.2, 0) is 11.8 Å². The van der Waals surface area contributed by atoms with Crippen molar-refractivity contribution < 1.29 is 28.2 Å².